The standard InChI is InChI=1S/C20H29N3O5S/c1-13(2)10-23-6-7-27-15(11-23)12-29-20-22-21-19(28-20)14-8-16(24-3)18(26-5)17(9-14)25-4/h8-9,13,15H,6-7,10-12H2,1-5H3/t15-/m1/s1. The van der Waals surface area contributed by atoms with E-state index in [1.165, 1.54) is 11.8 Å². The molecule has 0 unspecified atom stereocenters. The predicted octanol–water partition coefficient (Wildman–Crippen LogP) is 3.21. The van der Waals surface area contributed by atoms with Gasteiger partial charge in [-0.25, -0.2) is 0 Å². The van der Waals surface area contributed by atoms with Gasteiger partial charge >= 0.3 is 0 Å². The molecular weight excluding hydrogens is 394 g/mol. The topological polar surface area (TPSA) is 79.1 Å². The van der Waals surface area contributed by atoms with Crippen molar-refractivity contribution in [2.45, 2.75) is 25.2 Å². The molecule has 3 rings (SSSR count). The van der Waals surface area contributed by atoms with Crippen molar-refractivity contribution in [2.75, 3.05) is 53.3 Å². The molecule has 8 nitrogen and oxygen atoms in total. The molecule has 1 aliphatic rings. The van der Waals surface area contributed by atoms with Gasteiger partial charge in [-0.05, 0) is 18.1 Å². The van der Waals surface area contributed by atoms with Gasteiger partial charge in [0.25, 0.3) is 5.22 Å². The van der Waals surface area contributed by atoms with Crippen LogP contribution in [0.5, 0.6) is 17.2 Å². The van der Waals surface area contributed by atoms with Crippen molar-refractivity contribution in [2.24, 2.45) is 5.92 Å². The Kier molecular flexibility index (Phi) is 7.63. The van der Waals surface area contributed by atoms with Crippen molar-refractivity contribution < 1.29 is 23.4 Å². The third kappa shape index (κ3) is 5.55. The van der Waals surface area contributed by atoms with Crippen LogP contribution in [0.25, 0.3) is 11.5 Å². The second-order valence-electron chi connectivity index (χ2n) is 7.24. The first-order valence-electron chi connectivity index (χ1n) is 9.64. The van der Waals surface area contributed by atoms with Crippen LogP contribution in [0, 0.1) is 5.92 Å². The zero-order chi connectivity index (χ0) is 20.8. The molecule has 1 aromatic heterocycles. The summed E-state index contributed by atoms with van der Waals surface area (Å²) in [7, 11) is 4.71. The number of hydrogen-bond donors (Lipinski definition) is 0. The largest absolute Gasteiger partial charge is 0.493 e. The molecule has 0 saturated carbocycles. The van der Waals surface area contributed by atoms with Gasteiger partial charge in [-0.2, -0.15) is 0 Å². The molecule has 0 aliphatic carbocycles. The van der Waals surface area contributed by atoms with Crippen LogP contribution in [-0.4, -0.2) is 74.5 Å². The Bertz CT molecular complexity index is 773. The highest BCUT2D eigenvalue weighted by Crippen LogP contribution is 2.41. The maximum atomic E-state index is 5.89. The fraction of sp³-hybridized carbons (Fsp3) is 0.600. The Labute approximate surface area is 175 Å². The van der Waals surface area contributed by atoms with E-state index in [0.717, 1.165) is 32.0 Å². The first-order chi connectivity index (χ1) is 14.0. The van der Waals surface area contributed by atoms with E-state index >= 15 is 0 Å². The summed E-state index contributed by atoms with van der Waals surface area (Å²) < 4.78 is 27.9. The molecule has 0 amide bonds. The molecule has 9 heteroatoms. The molecule has 2 heterocycles. The van der Waals surface area contributed by atoms with Crippen LogP contribution in [0.3, 0.4) is 0 Å². The fourth-order valence-electron chi connectivity index (χ4n) is 3.32. The van der Waals surface area contributed by atoms with Gasteiger partial charge in [-0.15, -0.1) is 10.2 Å². The van der Waals surface area contributed by atoms with Crippen molar-refractivity contribution in [1.82, 2.24) is 15.1 Å². The lowest BCUT2D eigenvalue weighted by Gasteiger charge is -2.33. The van der Waals surface area contributed by atoms with Crippen LogP contribution < -0.4 is 14.2 Å². The number of rotatable bonds is 9. The third-order valence-electron chi connectivity index (χ3n) is 4.56. The molecule has 29 heavy (non-hydrogen) atoms. The molecule has 1 saturated heterocycles. The minimum absolute atomic E-state index is 0.157. The molecule has 1 atom stereocenters. The number of thioether (sulfide) groups is 1. The predicted molar refractivity (Wildman–Crippen MR) is 111 cm³/mol. The average Bonchev–Trinajstić information content (AvgIpc) is 3.20. The van der Waals surface area contributed by atoms with Crippen molar-refractivity contribution >= 4 is 11.8 Å². The van der Waals surface area contributed by atoms with Gasteiger partial charge in [-0.1, -0.05) is 25.6 Å². The van der Waals surface area contributed by atoms with Crippen LogP contribution in [-0.2, 0) is 4.74 Å². The van der Waals surface area contributed by atoms with Gasteiger partial charge in [0.05, 0.1) is 34.0 Å². The zero-order valence-electron chi connectivity index (χ0n) is 17.6. The second-order valence-corrected chi connectivity index (χ2v) is 8.22. The summed E-state index contributed by atoms with van der Waals surface area (Å²) in [4.78, 5) is 2.45. The maximum Gasteiger partial charge on any atom is 0.276 e. The van der Waals surface area contributed by atoms with Gasteiger partial charge in [0, 0.05) is 31.0 Å². The molecule has 1 aliphatic heterocycles. The first kappa shape index (κ1) is 21.7. The Balaban J connectivity index is 1.65. The zero-order valence-corrected chi connectivity index (χ0v) is 18.5. The molecule has 2 aromatic rings. The van der Waals surface area contributed by atoms with E-state index < -0.39 is 0 Å². The summed E-state index contributed by atoms with van der Waals surface area (Å²) in [5.41, 5.74) is 0.705. The van der Waals surface area contributed by atoms with Crippen LogP contribution in [0.4, 0.5) is 0 Å². The van der Waals surface area contributed by atoms with E-state index in [0.29, 0.717) is 39.8 Å². The lowest BCUT2D eigenvalue weighted by Crippen LogP contribution is -2.44. The number of hydrogen-bond acceptors (Lipinski definition) is 9. The average molecular weight is 424 g/mol. The minimum atomic E-state index is 0.157. The summed E-state index contributed by atoms with van der Waals surface area (Å²) in [6, 6.07) is 3.58. The maximum absolute atomic E-state index is 5.89. The molecule has 1 aromatic carbocycles. The quantitative estimate of drug-likeness (QED) is 0.565. The van der Waals surface area contributed by atoms with E-state index in [2.05, 4.69) is 28.9 Å². The molecule has 0 spiro atoms. The highest BCUT2D eigenvalue weighted by molar-refractivity contribution is 7.99. The summed E-state index contributed by atoms with van der Waals surface area (Å²) in [5, 5.41) is 8.84. The Morgan fingerprint density at radius 3 is 2.48 bits per heavy atom. The lowest BCUT2D eigenvalue weighted by atomic mass is 10.2. The van der Waals surface area contributed by atoms with Gasteiger partial charge in [0.15, 0.2) is 11.5 Å². The van der Waals surface area contributed by atoms with Crippen LogP contribution in [0.15, 0.2) is 21.8 Å². The van der Waals surface area contributed by atoms with E-state index in [1.54, 1.807) is 33.5 Å². The first-order valence-corrected chi connectivity index (χ1v) is 10.6. The summed E-state index contributed by atoms with van der Waals surface area (Å²) in [6.45, 7) is 8.25. The smallest absolute Gasteiger partial charge is 0.276 e. The van der Waals surface area contributed by atoms with Gasteiger partial charge in [0.1, 0.15) is 0 Å². The number of aromatic nitrogens is 2. The molecule has 0 bridgehead atoms. The Morgan fingerprint density at radius 2 is 1.86 bits per heavy atom. The normalized spacial score (nSPS) is 17.5. The Morgan fingerprint density at radius 1 is 1.14 bits per heavy atom. The summed E-state index contributed by atoms with van der Waals surface area (Å²) >= 11 is 1.51. The van der Waals surface area contributed by atoms with Crippen LogP contribution >= 0.6 is 11.8 Å². The highest BCUT2D eigenvalue weighted by atomic mass is 32.2. The number of benzene rings is 1. The van der Waals surface area contributed by atoms with Crippen molar-refractivity contribution in [1.29, 1.82) is 0 Å². The molecule has 0 radical (unpaired) electrons. The van der Waals surface area contributed by atoms with Crippen LogP contribution in [0.2, 0.25) is 0 Å². The van der Waals surface area contributed by atoms with Crippen molar-refractivity contribution in [3.05, 3.63) is 12.1 Å². The molecule has 1 fully saturated rings. The van der Waals surface area contributed by atoms with Crippen LogP contribution in [0.1, 0.15) is 13.8 Å². The lowest BCUT2D eigenvalue weighted by molar-refractivity contribution is -0.0192. The number of morpholine rings is 1. The second kappa shape index (κ2) is 10.2. The van der Waals surface area contributed by atoms with E-state index in [9.17, 15) is 0 Å². The van der Waals surface area contributed by atoms with Gasteiger partial charge in [0.2, 0.25) is 11.6 Å². The van der Waals surface area contributed by atoms with Gasteiger partial charge in [-0.3, -0.25) is 4.90 Å². The van der Waals surface area contributed by atoms with E-state index in [4.69, 9.17) is 23.4 Å². The molecular formula is C20H29N3O5S. The number of ether oxygens (including phenoxy) is 4. The monoisotopic (exact) mass is 423 g/mol. The SMILES string of the molecule is COc1cc(-c2nnc(SC[C@H]3CN(CC(C)C)CCO3)o2)cc(OC)c1OC. The van der Waals surface area contributed by atoms with Crippen molar-refractivity contribution in [3.8, 4) is 28.7 Å². The van der Waals surface area contributed by atoms with Crippen molar-refractivity contribution in [3.63, 3.8) is 0 Å². The number of methoxy groups -OCH3 is 3. The van der Waals surface area contributed by atoms with Gasteiger partial charge < -0.3 is 23.4 Å². The number of nitrogens with zero attached hydrogens (tertiary/aromatic N) is 3. The summed E-state index contributed by atoms with van der Waals surface area (Å²) in [5.74, 6) is 3.42. The van der Waals surface area contributed by atoms with E-state index in [-0.39, 0.29) is 6.10 Å². The summed E-state index contributed by atoms with van der Waals surface area (Å²) in [6.07, 6.45) is 0.157. The molecule has 0 N–H and O–H groups in total. The molecule has 160 valence electrons. The van der Waals surface area contributed by atoms with E-state index in [1.807, 2.05) is 0 Å². The Hall–Kier alpha value is -1.97. The highest BCUT2D eigenvalue weighted by Gasteiger charge is 2.23. The minimum Gasteiger partial charge on any atom is -0.493 e. The fourth-order valence-corrected chi connectivity index (χ4v) is 4.08. The third-order valence-corrected chi connectivity index (χ3v) is 5.51.